The van der Waals surface area contributed by atoms with Crippen molar-refractivity contribution in [2.75, 3.05) is 31.6 Å². The molecule has 3 heterocycles. The number of esters is 1. The van der Waals surface area contributed by atoms with E-state index in [1.54, 1.807) is 24.4 Å². The predicted molar refractivity (Wildman–Crippen MR) is 162 cm³/mol. The second kappa shape index (κ2) is 12.3. The maximum absolute atomic E-state index is 12.5. The minimum absolute atomic E-state index is 0.393. The molecule has 1 N–H and O–H groups in total. The summed E-state index contributed by atoms with van der Waals surface area (Å²) in [7, 11) is 0. The van der Waals surface area contributed by atoms with Gasteiger partial charge in [-0.05, 0) is 123 Å². The van der Waals surface area contributed by atoms with Crippen LogP contribution >= 0.6 is 0 Å². The van der Waals surface area contributed by atoms with E-state index >= 15 is 0 Å². The number of rotatable bonds is 9. The van der Waals surface area contributed by atoms with Gasteiger partial charge in [-0.15, -0.1) is 10.2 Å². The highest BCUT2D eigenvalue weighted by Crippen LogP contribution is 2.31. The van der Waals surface area contributed by atoms with Crippen molar-refractivity contribution in [1.29, 1.82) is 0 Å². The highest BCUT2D eigenvalue weighted by molar-refractivity contribution is 5.91. The SMILES string of the molecule is Cc1ccc(OC(=O)c2cccnc2)cc1-c1cc(C)c2nc(Nc3ccc(OCCN4CCCC4)cc3)nnc2c1. The molecule has 42 heavy (non-hydrogen) atoms. The number of hydrogen-bond donors (Lipinski definition) is 1. The van der Waals surface area contributed by atoms with Gasteiger partial charge >= 0.3 is 5.97 Å². The van der Waals surface area contributed by atoms with Gasteiger partial charge in [0.2, 0.25) is 5.95 Å². The standard InChI is InChI=1S/C33H32N6O3/c1-22-7-10-28(42-32(40)24-6-5-13-34-21-24)20-29(22)25-18-23(2)31-30(19-25)37-38-33(36-31)35-26-8-11-27(12-9-26)41-17-16-39-14-3-4-15-39/h5-13,18-21H,3-4,14-17H2,1-2H3,(H,35,36,38). The van der Waals surface area contributed by atoms with Crippen LogP contribution in [0.2, 0.25) is 0 Å². The zero-order valence-corrected chi connectivity index (χ0v) is 23.7. The van der Waals surface area contributed by atoms with E-state index in [9.17, 15) is 4.79 Å². The van der Waals surface area contributed by atoms with Gasteiger partial charge in [0, 0.05) is 24.6 Å². The van der Waals surface area contributed by atoms with E-state index in [4.69, 9.17) is 14.5 Å². The summed E-state index contributed by atoms with van der Waals surface area (Å²) in [4.78, 5) is 23.7. The molecule has 0 amide bonds. The number of carbonyl (C=O) groups is 1. The zero-order valence-electron chi connectivity index (χ0n) is 23.7. The Bertz CT molecular complexity index is 1700. The van der Waals surface area contributed by atoms with Crippen molar-refractivity contribution in [3.63, 3.8) is 0 Å². The Morgan fingerprint density at radius 1 is 0.929 bits per heavy atom. The molecule has 5 aromatic rings. The van der Waals surface area contributed by atoms with Gasteiger partial charge in [0.15, 0.2) is 0 Å². The number of nitrogens with zero attached hydrogens (tertiary/aromatic N) is 5. The Hall–Kier alpha value is -4.89. The van der Waals surface area contributed by atoms with Gasteiger partial charge in [-0.1, -0.05) is 6.07 Å². The molecule has 9 nitrogen and oxygen atoms in total. The van der Waals surface area contributed by atoms with Crippen LogP contribution in [0.5, 0.6) is 11.5 Å². The number of benzene rings is 3. The molecular formula is C33H32N6O3. The van der Waals surface area contributed by atoms with E-state index in [1.165, 1.54) is 32.1 Å². The summed E-state index contributed by atoms with van der Waals surface area (Å²) in [5.74, 6) is 1.25. The van der Waals surface area contributed by atoms with Crippen LogP contribution in [-0.2, 0) is 0 Å². The van der Waals surface area contributed by atoms with Crippen LogP contribution in [-0.4, -0.2) is 57.3 Å². The zero-order chi connectivity index (χ0) is 28.9. The van der Waals surface area contributed by atoms with E-state index in [2.05, 4.69) is 31.5 Å². The molecule has 0 atom stereocenters. The van der Waals surface area contributed by atoms with E-state index in [1.807, 2.05) is 56.3 Å². The lowest BCUT2D eigenvalue weighted by atomic mass is 9.98. The molecular weight excluding hydrogens is 528 g/mol. The number of carbonyl (C=O) groups excluding carboxylic acids is 1. The topological polar surface area (TPSA) is 102 Å². The molecule has 3 aromatic carbocycles. The van der Waals surface area contributed by atoms with E-state index in [0.29, 0.717) is 29.4 Å². The summed E-state index contributed by atoms with van der Waals surface area (Å²) in [5.41, 5.74) is 6.55. The molecule has 1 fully saturated rings. The van der Waals surface area contributed by atoms with Crippen molar-refractivity contribution in [2.45, 2.75) is 26.7 Å². The van der Waals surface area contributed by atoms with Gasteiger partial charge in [-0.25, -0.2) is 9.78 Å². The first kappa shape index (κ1) is 27.3. The Kier molecular flexibility index (Phi) is 8.00. The van der Waals surface area contributed by atoms with Crippen LogP contribution < -0.4 is 14.8 Å². The van der Waals surface area contributed by atoms with E-state index in [0.717, 1.165) is 45.8 Å². The lowest BCUT2D eigenvalue weighted by Crippen LogP contribution is -2.25. The first-order chi connectivity index (χ1) is 20.5. The fraction of sp³-hybridized carbons (Fsp3) is 0.242. The van der Waals surface area contributed by atoms with Gasteiger partial charge in [-0.3, -0.25) is 9.88 Å². The summed E-state index contributed by atoms with van der Waals surface area (Å²) in [6.45, 7) is 8.01. The number of anilines is 2. The minimum Gasteiger partial charge on any atom is -0.492 e. The predicted octanol–water partition coefficient (Wildman–Crippen LogP) is 6.14. The summed E-state index contributed by atoms with van der Waals surface area (Å²) in [6, 6.07) is 20.8. The third kappa shape index (κ3) is 6.37. The largest absolute Gasteiger partial charge is 0.492 e. The fourth-order valence-corrected chi connectivity index (χ4v) is 5.11. The normalized spacial score (nSPS) is 13.3. The molecule has 1 saturated heterocycles. The lowest BCUT2D eigenvalue weighted by molar-refractivity contribution is 0.0734. The van der Waals surface area contributed by atoms with E-state index in [-0.39, 0.29) is 0 Å². The van der Waals surface area contributed by atoms with Crippen LogP contribution in [0.25, 0.3) is 22.2 Å². The molecule has 2 aromatic heterocycles. The summed E-state index contributed by atoms with van der Waals surface area (Å²) in [5, 5.41) is 12.0. The molecule has 0 bridgehead atoms. The van der Waals surface area contributed by atoms with E-state index < -0.39 is 5.97 Å². The van der Waals surface area contributed by atoms with Crippen molar-refractivity contribution in [3.05, 3.63) is 95.8 Å². The number of aromatic nitrogens is 4. The molecule has 0 spiro atoms. The van der Waals surface area contributed by atoms with Crippen LogP contribution in [0.3, 0.4) is 0 Å². The maximum Gasteiger partial charge on any atom is 0.345 e. The molecule has 1 aliphatic rings. The smallest absolute Gasteiger partial charge is 0.345 e. The Balaban J connectivity index is 1.15. The monoisotopic (exact) mass is 560 g/mol. The van der Waals surface area contributed by atoms with Crippen LogP contribution in [0.4, 0.5) is 11.6 Å². The minimum atomic E-state index is -0.456. The van der Waals surface area contributed by atoms with Crippen LogP contribution in [0.15, 0.2) is 79.1 Å². The van der Waals surface area contributed by atoms with Gasteiger partial charge in [-0.2, -0.15) is 0 Å². The Morgan fingerprint density at radius 2 is 1.74 bits per heavy atom. The number of fused-ring (bicyclic) bond motifs is 1. The second-order valence-electron chi connectivity index (χ2n) is 10.5. The van der Waals surface area contributed by atoms with Gasteiger partial charge in [0.05, 0.1) is 11.1 Å². The van der Waals surface area contributed by atoms with Crippen molar-refractivity contribution in [3.8, 4) is 22.6 Å². The summed E-state index contributed by atoms with van der Waals surface area (Å²) >= 11 is 0. The molecule has 9 heteroatoms. The highest BCUT2D eigenvalue weighted by atomic mass is 16.5. The molecule has 6 rings (SSSR count). The second-order valence-corrected chi connectivity index (χ2v) is 10.5. The quantitative estimate of drug-likeness (QED) is 0.168. The average Bonchev–Trinajstić information content (AvgIpc) is 3.53. The van der Waals surface area contributed by atoms with Crippen molar-refractivity contribution in [2.24, 2.45) is 0 Å². The number of ether oxygens (including phenoxy) is 2. The average molecular weight is 561 g/mol. The van der Waals surface area contributed by atoms with Gasteiger partial charge < -0.3 is 14.8 Å². The highest BCUT2D eigenvalue weighted by Gasteiger charge is 2.14. The molecule has 0 saturated carbocycles. The molecule has 212 valence electrons. The van der Waals surface area contributed by atoms with Crippen molar-refractivity contribution < 1.29 is 14.3 Å². The third-order valence-corrected chi connectivity index (χ3v) is 7.36. The maximum atomic E-state index is 12.5. The number of nitrogens with one attached hydrogen (secondary N) is 1. The van der Waals surface area contributed by atoms with Crippen molar-refractivity contribution >= 4 is 28.6 Å². The molecule has 0 radical (unpaired) electrons. The third-order valence-electron chi connectivity index (χ3n) is 7.36. The number of aryl methyl sites for hydroxylation is 2. The fourth-order valence-electron chi connectivity index (χ4n) is 5.11. The number of likely N-dealkylation sites (tertiary alicyclic amines) is 1. The van der Waals surface area contributed by atoms with Gasteiger partial charge in [0.1, 0.15) is 23.6 Å². The number of hydrogen-bond acceptors (Lipinski definition) is 9. The number of pyridine rings is 1. The first-order valence-electron chi connectivity index (χ1n) is 14.1. The Labute approximate surface area is 244 Å². The Morgan fingerprint density at radius 3 is 2.52 bits per heavy atom. The molecule has 0 unspecified atom stereocenters. The molecule has 0 aliphatic carbocycles. The van der Waals surface area contributed by atoms with Crippen LogP contribution in [0.1, 0.15) is 34.3 Å². The van der Waals surface area contributed by atoms with Crippen LogP contribution in [0, 0.1) is 13.8 Å². The van der Waals surface area contributed by atoms with Gasteiger partial charge in [0.25, 0.3) is 0 Å². The lowest BCUT2D eigenvalue weighted by Gasteiger charge is -2.15. The first-order valence-corrected chi connectivity index (χ1v) is 14.1. The summed E-state index contributed by atoms with van der Waals surface area (Å²) < 4.78 is 11.5. The molecule has 1 aliphatic heterocycles. The summed E-state index contributed by atoms with van der Waals surface area (Å²) in [6.07, 6.45) is 5.67. The van der Waals surface area contributed by atoms with Crippen molar-refractivity contribution in [1.82, 2.24) is 25.1 Å².